The first kappa shape index (κ1) is 10.4. The van der Waals surface area contributed by atoms with E-state index < -0.39 is 0 Å². The van der Waals surface area contributed by atoms with E-state index in [9.17, 15) is 0 Å². The topological polar surface area (TPSA) is 15.3 Å². The zero-order valence-corrected chi connectivity index (χ0v) is 9.30. The fourth-order valence-corrected chi connectivity index (χ4v) is 2.85. The lowest BCUT2D eigenvalue weighted by Gasteiger charge is -2.29. The predicted octanol–water partition coefficient (Wildman–Crippen LogP) is 2.00. The molecule has 0 aromatic heterocycles. The maximum atomic E-state index is 3.49. The Bertz CT molecular complexity index is 124. The van der Waals surface area contributed by atoms with Crippen LogP contribution in [0.1, 0.15) is 44.9 Å². The summed E-state index contributed by atoms with van der Waals surface area (Å²) in [6, 6.07) is 0.914. The third-order valence-corrected chi connectivity index (χ3v) is 3.72. The lowest BCUT2D eigenvalue weighted by molar-refractivity contribution is 0.190. The molecule has 1 saturated carbocycles. The molecular formula is C12H24N2. The van der Waals surface area contributed by atoms with Crippen LogP contribution >= 0.6 is 0 Å². The van der Waals surface area contributed by atoms with Gasteiger partial charge in [0.2, 0.25) is 0 Å². The van der Waals surface area contributed by atoms with E-state index in [1.807, 2.05) is 0 Å². The van der Waals surface area contributed by atoms with E-state index >= 15 is 0 Å². The number of hydrogen-bond donors (Lipinski definition) is 1. The largest absolute Gasteiger partial charge is 0.315 e. The molecule has 14 heavy (non-hydrogen) atoms. The maximum Gasteiger partial charge on any atom is 0.0110 e. The minimum atomic E-state index is 0.914. The molecule has 1 heterocycles. The Morgan fingerprint density at radius 2 is 1.57 bits per heavy atom. The average molecular weight is 196 g/mol. The summed E-state index contributed by atoms with van der Waals surface area (Å²) >= 11 is 0. The molecule has 0 bridgehead atoms. The highest BCUT2D eigenvalue weighted by Gasteiger charge is 2.20. The highest BCUT2D eigenvalue weighted by molar-refractivity contribution is 4.77. The first-order valence-corrected chi connectivity index (χ1v) is 6.41. The molecule has 1 aliphatic heterocycles. The van der Waals surface area contributed by atoms with Crippen LogP contribution < -0.4 is 5.32 Å². The van der Waals surface area contributed by atoms with Crippen LogP contribution in [-0.4, -0.2) is 37.1 Å². The van der Waals surface area contributed by atoms with Crippen molar-refractivity contribution in [3.63, 3.8) is 0 Å². The molecule has 0 radical (unpaired) electrons. The zero-order chi connectivity index (χ0) is 9.64. The van der Waals surface area contributed by atoms with Gasteiger partial charge in [0.1, 0.15) is 0 Å². The fourth-order valence-electron chi connectivity index (χ4n) is 2.85. The van der Waals surface area contributed by atoms with Crippen molar-refractivity contribution in [3.8, 4) is 0 Å². The van der Waals surface area contributed by atoms with E-state index in [0.717, 1.165) is 6.04 Å². The van der Waals surface area contributed by atoms with Gasteiger partial charge in [0.15, 0.2) is 0 Å². The molecule has 0 atom stereocenters. The summed E-state index contributed by atoms with van der Waals surface area (Å²) in [5.41, 5.74) is 0. The molecule has 0 aromatic rings. The molecule has 0 spiro atoms. The number of nitrogens with one attached hydrogen (secondary N) is 1. The third kappa shape index (κ3) is 2.96. The van der Waals surface area contributed by atoms with Crippen molar-refractivity contribution in [1.29, 1.82) is 0 Å². The van der Waals surface area contributed by atoms with Crippen LogP contribution in [0.4, 0.5) is 0 Å². The molecule has 2 nitrogen and oxygen atoms in total. The van der Waals surface area contributed by atoms with Crippen molar-refractivity contribution >= 4 is 0 Å². The van der Waals surface area contributed by atoms with Crippen molar-refractivity contribution in [2.45, 2.75) is 51.0 Å². The van der Waals surface area contributed by atoms with Crippen molar-refractivity contribution in [2.24, 2.45) is 0 Å². The van der Waals surface area contributed by atoms with Crippen LogP contribution in [0.15, 0.2) is 0 Å². The molecule has 1 aliphatic carbocycles. The SMILES string of the molecule is C1CCCC(N2CCCNCC2)CC1. The van der Waals surface area contributed by atoms with Crippen LogP contribution in [0.25, 0.3) is 0 Å². The van der Waals surface area contributed by atoms with E-state index in [1.54, 1.807) is 0 Å². The summed E-state index contributed by atoms with van der Waals surface area (Å²) < 4.78 is 0. The van der Waals surface area contributed by atoms with Crippen LogP contribution in [0.5, 0.6) is 0 Å². The third-order valence-electron chi connectivity index (χ3n) is 3.72. The number of hydrogen-bond acceptors (Lipinski definition) is 2. The van der Waals surface area contributed by atoms with Crippen LogP contribution in [0.2, 0.25) is 0 Å². The second kappa shape index (κ2) is 5.72. The van der Waals surface area contributed by atoms with Gasteiger partial charge in [-0.05, 0) is 32.4 Å². The molecule has 0 aromatic carbocycles. The molecule has 82 valence electrons. The highest BCUT2D eigenvalue weighted by Crippen LogP contribution is 2.22. The van der Waals surface area contributed by atoms with E-state index in [2.05, 4.69) is 10.2 Å². The second-order valence-corrected chi connectivity index (χ2v) is 4.78. The van der Waals surface area contributed by atoms with Crippen molar-refractivity contribution in [1.82, 2.24) is 10.2 Å². The Kier molecular flexibility index (Phi) is 4.26. The maximum absolute atomic E-state index is 3.49. The first-order valence-electron chi connectivity index (χ1n) is 6.41. The van der Waals surface area contributed by atoms with Crippen molar-refractivity contribution < 1.29 is 0 Å². The summed E-state index contributed by atoms with van der Waals surface area (Å²) in [5, 5.41) is 3.49. The van der Waals surface area contributed by atoms with Gasteiger partial charge in [-0.25, -0.2) is 0 Å². The van der Waals surface area contributed by atoms with Gasteiger partial charge in [-0.15, -0.1) is 0 Å². The fraction of sp³-hybridized carbons (Fsp3) is 1.00. The molecule has 0 unspecified atom stereocenters. The molecule has 2 heteroatoms. The monoisotopic (exact) mass is 196 g/mol. The number of rotatable bonds is 1. The van der Waals surface area contributed by atoms with Crippen LogP contribution in [-0.2, 0) is 0 Å². The molecule has 1 saturated heterocycles. The Hall–Kier alpha value is -0.0800. The molecule has 0 amide bonds. The van der Waals surface area contributed by atoms with E-state index in [4.69, 9.17) is 0 Å². The molecule has 1 N–H and O–H groups in total. The summed E-state index contributed by atoms with van der Waals surface area (Å²) in [6.45, 7) is 5.04. The summed E-state index contributed by atoms with van der Waals surface area (Å²) in [4.78, 5) is 2.74. The van der Waals surface area contributed by atoms with Gasteiger partial charge in [0.25, 0.3) is 0 Å². The normalized spacial score (nSPS) is 28.3. The van der Waals surface area contributed by atoms with Gasteiger partial charge in [-0.3, -0.25) is 4.90 Å². The highest BCUT2D eigenvalue weighted by atomic mass is 15.2. The van der Waals surface area contributed by atoms with E-state index in [0.29, 0.717) is 0 Å². The lowest BCUT2D eigenvalue weighted by Crippen LogP contribution is -2.37. The minimum Gasteiger partial charge on any atom is -0.315 e. The molecule has 2 rings (SSSR count). The predicted molar refractivity (Wildman–Crippen MR) is 60.5 cm³/mol. The van der Waals surface area contributed by atoms with Crippen LogP contribution in [0, 0.1) is 0 Å². The molecule has 2 fully saturated rings. The van der Waals surface area contributed by atoms with Gasteiger partial charge in [0, 0.05) is 19.1 Å². The van der Waals surface area contributed by atoms with Crippen LogP contribution in [0.3, 0.4) is 0 Å². The van der Waals surface area contributed by atoms with Crippen molar-refractivity contribution in [2.75, 3.05) is 26.2 Å². The Morgan fingerprint density at radius 1 is 0.786 bits per heavy atom. The summed E-state index contributed by atoms with van der Waals surface area (Å²) in [5.74, 6) is 0. The van der Waals surface area contributed by atoms with E-state index in [-0.39, 0.29) is 0 Å². The average Bonchev–Trinajstić information content (AvgIpc) is 2.62. The minimum absolute atomic E-state index is 0.914. The standard InChI is InChI=1S/C12H24N2/c1-2-4-7-12(6-3-1)14-10-5-8-13-9-11-14/h12-13H,1-11H2. The van der Waals surface area contributed by atoms with Gasteiger partial charge < -0.3 is 5.32 Å². The van der Waals surface area contributed by atoms with E-state index in [1.165, 1.54) is 71.1 Å². The summed E-state index contributed by atoms with van der Waals surface area (Å²) in [6.07, 6.45) is 10.1. The van der Waals surface area contributed by atoms with Gasteiger partial charge in [-0.1, -0.05) is 25.7 Å². The first-order chi connectivity index (χ1) is 6.97. The Balaban J connectivity index is 1.83. The quantitative estimate of drug-likeness (QED) is 0.645. The Morgan fingerprint density at radius 3 is 2.36 bits per heavy atom. The Labute approximate surface area is 88.1 Å². The molecular weight excluding hydrogens is 172 g/mol. The smallest absolute Gasteiger partial charge is 0.0110 e. The van der Waals surface area contributed by atoms with Crippen molar-refractivity contribution in [3.05, 3.63) is 0 Å². The van der Waals surface area contributed by atoms with Gasteiger partial charge in [0.05, 0.1) is 0 Å². The zero-order valence-electron chi connectivity index (χ0n) is 9.30. The second-order valence-electron chi connectivity index (χ2n) is 4.78. The van der Waals surface area contributed by atoms with Gasteiger partial charge in [-0.2, -0.15) is 0 Å². The molecule has 2 aliphatic rings. The summed E-state index contributed by atoms with van der Waals surface area (Å²) in [7, 11) is 0. The lowest BCUT2D eigenvalue weighted by atomic mass is 10.1. The number of nitrogens with zero attached hydrogens (tertiary/aromatic N) is 1. The van der Waals surface area contributed by atoms with Gasteiger partial charge >= 0.3 is 0 Å².